The van der Waals surface area contributed by atoms with Gasteiger partial charge in [0.2, 0.25) is 0 Å². The molecule has 0 saturated heterocycles. The van der Waals surface area contributed by atoms with Crippen LogP contribution in [0.2, 0.25) is 0 Å². The number of nitriles is 1. The average molecular weight is 236 g/mol. The summed E-state index contributed by atoms with van der Waals surface area (Å²) >= 11 is 0. The van der Waals surface area contributed by atoms with Gasteiger partial charge in [-0.15, -0.1) is 0 Å². The minimum Gasteiger partial charge on any atom is -0.356 e. The van der Waals surface area contributed by atoms with Gasteiger partial charge >= 0.3 is 6.18 Å². The maximum Gasteiger partial charge on any atom is 0.431 e. The number of H-pyrrole nitrogens is 1. The van der Waals surface area contributed by atoms with Gasteiger partial charge in [-0.1, -0.05) is 30.3 Å². The molecular weight excluding hydrogens is 229 g/mol. The molecule has 0 saturated carbocycles. The number of aromatic nitrogens is 1. The van der Waals surface area contributed by atoms with Gasteiger partial charge in [0.05, 0.1) is 5.56 Å². The van der Waals surface area contributed by atoms with E-state index in [1.54, 1.807) is 36.4 Å². The van der Waals surface area contributed by atoms with Crippen molar-refractivity contribution in [3.63, 3.8) is 0 Å². The Labute approximate surface area is 95.3 Å². The molecule has 2 nitrogen and oxygen atoms in total. The van der Waals surface area contributed by atoms with Crippen LogP contribution in [-0.2, 0) is 6.18 Å². The molecule has 0 bridgehead atoms. The quantitative estimate of drug-likeness (QED) is 0.807. The highest BCUT2D eigenvalue weighted by atomic mass is 19.4. The number of alkyl halides is 3. The van der Waals surface area contributed by atoms with Crippen LogP contribution in [0.1, 0.15) is 11.3 Å². The van der Waals surface area contributed by atoms with Gasteiger partial charge in [-0.3, -0.25) is 0 Å². The molecule has 1 N–H and O–H groups in total. The second-order valence-electron chi connectivity index (χ2n) is 3.43. The van der Waals surface area contributed by atoms with Crippen molar-refractivity contribution in [2.24, 2.45) is 0 Å². The highest BCUT2D eigenvalue weighted by Crippen LogP contribution is 2.38. The van der Waals surface area contributed by atoms with Gasteiger partial charge in [-0.25, -0.2) is 0 Å². The van der Waals surface area contributed by atoms with Gasteiger partial charge in [-0.2, -0.15) is 18.4 Å². The first-order valence-corrected chi connectivity index (χ1v) is 4.78. The van der Waals surface area contributed by atoms with E-state index in [4.69, 9.17) is 5.26 Å². The lowest BCUT2D eigenvalue weighted by Gasteiger charge is -2.08. The first kappa shape index (κ1) is 11.3. The summed E-state index contributed by atoms with van der Waals surface area (Å²) < 4.78 is 38.2. The normalized spacial score (nSPS) is 11.2. The summed E-state index contributed by atoms with van der Waals surface area (Å²) in [6, 6.07) is 9.80. The van der Waals surface area contributed by atoms with Crippen molar-refractivity contribution >= 4 is 0 Å². The van der Waals surface area contributed by atoms with Crippen LogP contribution in [0, 0.1) is 11.3 Å². The third-order valence-corrected chi connectivity index (χ3v) is 2.35. The van der Waals surface area contributed by atoms with Gasteiger partial charge in [0.1, 0.15) is 11.8 Å². The van der Waals surface area contributed by atoms with Crippen LogP contribution in [0.15, 0.2) is 36.5 Å². The number of nitrogens with zero attached hydrogens (tertiary/aromatic N) is 1. The standard InChI is InChI=1S/C12H7F3N2/c13-12(14,15)11-10(9(6-16)7-17-11)8-4-2-1-3-5-8/h1-5,7,17H. The van der Waals surface area contributed by atoms with Crippen LogP contribution in [0.3, 0.4) is 0 Å². The molecule has 0 radical (unpaired) electrons. The lowest BCUT2D eigenvalue weighted by molar-refractivity contribution is -0.140. The fourth-order valence-corrected chi connectivity index (χ4v) is 1.64. The monoisotopic (exact) mass is 236 g/mol. The summed E-state index contributed by atoms with van der Waals surface area (Å²) in [6.45, 7) is 0. The van der Waals surface area contributed by atoms with Crippen molar-refractivity contribution in [3.05, 3.63) is 47.8 Å². The van der Waals surface area contributed by atoms with E-state index >= 15 is 0 Å². The number of hydrogen-bond acceptors (Lipinski definition) is 1. The minimum atomic E-state index is -4.50. The topological polar surface area (TPSA) is 39.6 Å². The highest BCUT2D eigenvalue weighted by Gasteiger charge is 2.36. The van der Waals surface area contributed by atoms with Crippen molar-refractivity contribution < 1.29 is 13.2 Å². The van der Waals surface area contributed by atoms with Crippen LogP contribution in [0.25, 0.3) is 11.1 Å². The zero-order valence-electron chi connectivity index (χ0n) is 8.55. The Balaban J connectivity index is 2.68. The third-order valence-electron chi connectivity index (χ3n) is 2.35. The summed E-state index contributed by atoms with van der Waals surface area (Å²) in [5.41, 5.74) is -0.623. The number of benzene rings is 1. The predicted octanol–water partition coefficient (Wildman–Crippen LogP) is 3.57. The summed E-state index contributed by atoms with van der Waals surface area (Å²) in [5, 5.41) is 8.82. The summed E-state index contributed by atoms with van der Waals surface area (Å²) in [5.74, 6) is 0. The van der Waals surface area contributed by atoms with Crippen molar-refractivity contribution in [1.29, 1.82) is 5.26 Å². The number of halogens is 3. The average Bonchev–Trinajstić information content (AvgIpc) is 2.73. The molecule has 0 spiro atoms. The van der Waals surface area contributed by atoms with Gasteiger partial charge in [0.15, 0.2) is 0 Å². The van der Waals surface area contributed by atoms with Crippen LogP contribution >= 0.6 is 0 Å². The zero-order chi connectivity index (χ0) is 12.5. The maximum absolute atomic E-state index is 12.7. The Bertz CT molecular complexity index is 562. The molecule has 2 rings (SSSR count). The lowest BCUT2D eigenvalue weighted by atomic mass is 10.0. The van der Waals surface area contributed by atoms with Crippen LogP contribution in [-0.4, -0.2) is 4.98 Å². The Hall–Kier alpha value is -2.22. The molecule has 86 valence electrons. The van der Waals surface area contributed by atoms with Crippen LogP contribution in [0.5, 0.6) is 0 Å². The van der Waals surface area contributed by atoms with E-state index in [1.807, 2.05) is 0 Å². The van der Waals surface area contributed by atoms with Crippen LogP contribution < -0.4 is 0 Å². The molecule has 0 atom stereocenters. The fraction of sp³-hybridized carbons (Fsp3) is 0.0833. The molecule has 5 heteroatoms. The zero-order valence-corrected chi connectivity index (χ0v) is 8.55. The molecule has 1 aromatic heterocycles. The Morgan fingerprint density at radius 3 is 2.29 bits per heavy atom. The first-order chi connectivity index (χ1) is 8.04. The number of aromatic amines is 1. The molecule has 0 unspecified atom stereocenters. The van der Waals surface area contributed by atoms with E-state index in [0.29, 0.717) is 5.56 Å². The van der Waals surface area contributed by atoms with E-state index in [0.717, 1.165) is 6.20 Å². The molecule has 0 fully saturated rings. The van der Waals surface area contributed by atoms with Crippen molar-refractivity contribution in [2.45, 2.75) is 6.18 Å². The van der Waals surface area contributed by atoms with Gasteiger partial charge in [0, 0.05) is 11.8 Å². The van der Waals surface area contributed by atoms with Crippen molar-refractivity contribution in [3.8, 4) is 17.2 Å². The SMILES string of the molecule is N#Cc1c[nH]c(C(F)(F)F)c1-c1ccccc1. The smallest absolute Gasteiger partial charge is 0.356 e. The van der Waals surface area contributed by atoms with Crippen molar-refractivity contribution in [1.82, 2.24) is 4.98 Å². The van der Waals surface area contributed by atoms with E-state index in [1.165, 1.54) is 0 Å². The second kappa shape index (κ2) is 3.98. The van der Waals surface area contributed by atoms with E-state index in [2.05, 4.69) is 4.98 Å². The molecule has 2 aromatic rings. The van der Waals surface area contributed by atoms with Crippen LogP contribution in [0.4, 0.5) is 13.2 Å². The predicted molar refractivity (Wildman–Crippen MR) is 55.9 cm³/mol. The van der Waals surface area contributed by atoms with Gasteiger partial charge in [0.25, 0.3) is 0 Å². The molecule has 0 aliphatic carbocycles. The first-order valence-electron chi connectivity index (χ1n) is 4.78. The largest absolute Gasteiger partial charge is 0.431 e. The second-order valence-corrected chi connectivity index (χ2v) is 3.43. The fourth-order valence-electron chi connectivity index (χ4n) is 1.64. The van der Waals surface area contributed by atoms with E-state index in [9.17, 15) is 13.2 Å². The summed E-state index contributed by atoms with van der Waals surface area (Å²) in [6.07, 6.45) is -3.43. The maximum atomic E-state index is 12.7. The molecule has 17 heavy (non-hydrogen) atoms. The third kappa shape index (κ3) is 2.02. The minimum absolute atomic E-state index is 0.0106. The lowest BCUT2D eigenvalue weighted by Crippen LogP contribution is -2.07. The summed E-state index contributed by atoms with van der Waals surface area (Å²) in [7, 11) is 0. The Morgan fingerprint density at radius 1 is 1.12 bits per heavy atom. The number of rotatable bonds is 1. The molecule has 0 amide bonds. The highest BCUT2D eigenvalue weighted by molar-refractivity contribution is 5.73. The molecule has 1 aromatic carbocycles. The molecular formula is C12H7F3N2. The summed E-state index contributed by atoms with van der Waals surface area (Å²) in [4.78, 5) is 2.12. The Kier molecular flexibility index (Phi) is 2.64. The van der Waals surface area contributed by atoms with E-state index < -0.39 is 11.9 Å². The number of hydrogen-bond donors (Lipinski definition) is 1. The molecule has 0 aliphatic heterocycles. The number of nitrogens with one attached hydrogen (secondary N) is 1. The van der Waals surface area contributed by atoms with E-state index in [-0.39, 0.29) is 11.1 Å². The Morgan fingerprint density at radius 2 is 1.76 bits per heavy atom. The van der Waals surface area contributed by atoms with Crippen molar-refractivity contribution in [2.75, 3.05) is 0 Å². The van der Waals surface area contributed by atoms with Gasteiger partial charge < -0.3 is 4.98 Å². The molecule has 0 aliphatic rings. The molecule has 1 heterocycles. The van der Waals surface area contributed by atoms with Gasteiger partial charge in [-0.05, 0) is 5.56 Å².